The van der Waals surface area contributed by atoms with E-state index in [2.05, 4.69) is 39.6 Å². The Kier molecular flexibility index (Phi) is 5.17. The summed E-state index contributed by atoms with van der Waals surface area (Å²) in [5, 5.41) is 0. The summed E-state index contributed by atoms with van der Waals surface area (Å²) in [7, 11) is 2.08. The Hall–Kier alpha value is -0.530. The summed E-state index contributed by atoms with van der Waals surface area (Å²) in [6.07, 6.45) is 14.6. The van der Waals surface area contributed by atoms with Crippen molar-refractivity contribution in [2.45, 2.75) is 104 Å². The number of hydrogen-bond donors (Lipinski definition) is 0. The number of likely N-dealkylation sites (tertiary alicyclic amines) is 1. The van der Waals surface area contributed by atoms with Crippen molar-refractivity contribution in [2.75, 3.05) is 7.05 Å². The minimum Gasteiger partial charge on any atom is -0.342 e. The molecule has 8 atom stereocenters. The van der Waals surface area contributed by atoms with Gasteiger partial charge in [0.1, 0.15) is 0 Å². The maximum absolute atomic E-state index is 12.3. The molecular formula is C25H43NO. The van der Waals surface area contributed by atoms with Crippen LogP contribution < -0.4 is 0 Å². The van der Waals surface area contributed by atoms with E-state index in [0.29, 0.717) is 22.8 Å². The molecule has 1 amide bonds. The molecule has 3 unspecified atom stereocenters. The zero-order valence-electron chi connectivity index (χ0n) is 18.6. The van der Waals surface area contributed by atoms with Crippen molar-refractivity contribution in [3.63, 3.8) is 0 Å². The van der Waals surface area contributed by atoms with Gasteiger partial charge in [-0.1, -0.05) is 47.0 Å². The van der Waals surface area contributed by atoms with Crippen LogP contribution in [-0.2, 0) is 4.79 Å². The molecule has 4 rings (SSSR count). The molecule has 0 radical (unpaired) electrons. The third kappa shape index (κ3) is 2.91. The highest BCUT2D eigenvalue weighted by atomic mass is 16.2. The largest absolute Gasteiger partial charge is 0.342 e. The molecule has 0 aromatic rings. The average Bonchev–Trinajstić information content (AvgIpc) is 2.90. The van der Waals surface area contributed by atoms with Gasteiger partial charge in [0.2, 0.25) is 5.91 Å². The molecule has 0 aromatic carbocycles. The first-order valence-electron chi connectivity index (χ1n) is 12.1. The molecule has 27 heavy (non-hydrogen) atoms. The average molecular weight is 374 g/mol. The quantitative estimate of drug-likeness (QED) is 0.530. The molecule has 0 aromatic heterocycles. The van der Waals surface area contributed by atoms with Crippen molar-refractivity contribution in [2.24, 2.45) is 40.4 Å². The van der Waals surface area contributed by atoms with Gasteiger partial charge in [-0.25, -0.2) is 0 Å². The highest BCUT2D eigenvalue weighted by Gasteiger charge is 2.62. The standard InChI is InChI=1S/C25H43NO/c1-6-7-8-9-19-17(2)16-21-18-10-11-22-25(4,15-13-23(27)26(22)5)20(18)12-14-24(19,21)3/h17-22H,6-16H2,1-5H3/t17?,18-,19?,20-,21+,22?,24-,25-/m1/s1. The summed E-state index contributed by atoms with van der Waals surface area (Å²) in [5.74, 6) is 4.98. The van der Waals surface area contributed by atoms with Gasteiger partial charge < -0.3 is 4.90 Å². The molecule has 2 nitrogen and oxygen atoms in total. The molecule has 1 aliphatic heterocycles. The predicted molar refractivity (Wildman–Crippen MR) is 112 cm³/mol. The van der Waals surface area contributed by atoms with Crippen LogP contribution in [0.2, 0.25) is 0 Å². The van der Waals surface area contributed by atoms with Crippen LogP contribution in [0.1, 0.15) is 98.3 Å². The van der Waals surface area contributed by atoms with E-state index >= 15 is 0 Å². The van der Waals surface area contributed by atoms with Crippen LogP contribution in [-0.4, -0.2) is 23.9 Å². The summed E-state index contributed by atoms with van der Waals surface area (Å²) in [4.78, 5) is 14.5. The van der Waals surface area contributed by atoms with Crippen LogP contribution in [0.5, 0.6) is 0 Å². The molecule has 3 saturated carbocycles. The van der Waals surface area contributed by atoms with Crippen molar-refractivity contribution in [1.29, 1.82) is 0 Å². The molecule has 4 aliphatic rings. The van der Waals surface area contributed by atoms with Gasteiger partial charge in [-0.15, -0.1) is 0 Å². The third-order valence-electron chi connectivity index (χ3n) is 10.3. The van der Waals surface area contributed by atoms with Crippen molar-refractivity contribution < 1.29 is 4.79 Å². The highest BCUT2D eigenvalue weighted by molar-refractivity contribution is 5.77. The lowest BCUT2D eigenvalue weighted by Crippen LogP contribution is -2.61. The van der Waals surface area contributed by atoms with E-state index < -0.39 is 0 Å². The van der Waals surface area contributed by atoms with Gasteiger partial charge in [0, 0.05) is 19.5 Å². The van der Waals surface area contributed by atoms with E-state index in [9.17, 15) is 4.79 Å². The normalized spacial score (nSPS) is 49.5. The second-order valence-corrected chi connectivity index (χ2v) is 11.3. The Balaban J connectivity index is 1.56. The van der Waals surface area contributed by atoms with Crippen molar-refractivity contribution in [1.82, 2.24) is 4.90 Å². The van der Waals surface area contributed by atoms with E-state index in [-0.39, 0.29) is 0 Å². The van der Waals surface area contributed by atoms with E-state index in [4.69, 9.17) is 0 Å². The van der Waals surface area contributed by atoms with Gasteiger partial charge >= 0.3 is 0 Å². The second-order valence-electron chi connectivity index (χ2n) is 11.3. The van der Waals surface area contributed by atoms with Crippen LogP contribution >= 0.6 is 0 Å². The number of carbonyl (C=O) groups excluding carboxylic acids is 1. The number of carbonyl (C=O) groups is 1. The van der Waals surface area contributed by atoms with Crippen molar-refractivity contribution in [3.8, 4) is 0 Å². The molecule has 0 spiro atoms. The SMILES string of the molecule is CCCCCC1C(C)C[C@H]2[C@@H]3CCC4N(C)C(=O)CC[C@]4(C)[C@@H]3CC[C@]12C. The lowest BCUT2D eigenvalue weighted by Gasteiger charge is -2.62. The summed E-state index contributed by atoms with van der Waals surface area (Å²) in [5.41, 5.74) is 0.963. The Morgan fingerprint density at radius 3 is 2.56 bits per heavy atom. The van der Waals surface area contributed by atoms with Crippen LogP contribution in [0, 0.1) is 40.4 Å². The number of hydrogen-bond acceptors (Lipinski definition) is 1. The Bertz CT molecular complexity index is 573. The zero-order valence-corrected chi connectivity index (χ0v) is 18.6. The van der Waals surface area contributed by atoms with Gasteiger partial charge in [-0.2, -0.15) is 0 Å². The van der Waals surface area contributed by atoms with E-state index in [1.54, 1.807) is 0 Å². The van der Waals surface area contributed by atoms with Gasteiger partial charge in [-0.05, 0) is 85.4 Å². The maximum Gasteiger partial charge on any atom is 0.222 e. The summed E-state index contributed by atoms with van der Waals surface area (Å²) in [6, 6.07) is 0.503. The first kappa shape index (κ1) is 19.8. The molecule has 1 saturated heterocycles. The number of amides is 1. The number of fused-ring (bicyclic) bond motifs is 5. The first-order valence-corrected chi connectivity index (χ1v) is 12.1. The monoisotopic (exact) mass is 373 g/mol. The van der Waals surface area contributed by atoms with E-state index in [0.717, 1.165) is 42.4 Å². The predicted octanol–water partition coefficient (Wildman–Crippen LogP) is 6.29. The number of nitrogens with zero attached hydrogens (tertiary/aromatic N) is 1. The first-order chi connectivity index (χ1) is 12.8. The summed E-state index contributed by atoms with van der Waals surface area (Å²) >= 11 is 0. The summed E-state index contributed by atoms with van der Waals surface area (Å²) in [6.45, 7) is 10.1. The molecule has 154 valence electrons. The minimum atomic E-state index is 0.371. The zero-order chi connectivity index (χ0) is 19.4. The lowest BCUT2D eigenvalue weighted by molar-refractivity contribution is -0.158. The van der Waals surface area contributed by atoms with Gasteiger partial charge in [0.15, 0.2) is 0 Å². The van der Waals surface area contributed by atoms with Gasteiger partial charge in [0.25, 0.3) is 0 Å². The highest BCUT2D eigenvalue weighted by Crippen LogP contribution is 2.67. The Morgan fingerprint density at radius 2 is 1.81 bits per heavy atom. The maximum atomic E-state index is 12.3. The topological polar surface area (TPSA) is 20.3 Å². The smallest absolute Gasteiger partial charge is 0.222 e. The lowest BCUT2D eigenvalue weighted by atomic mass is 9.46. The van der Waals surface area contributed by atoms with Crippen LogP contribution in [0.15, 0.2) is 0 Å². The molecule has 3 aliphatic carbocycles. The number of unbranched alkanes of at least 4 members (excludes halogenated alkanes) is 2. The third-order valence-corrected chi connectivity index (χ3v) is 10.3. The fourth-order valence-corrected chi connectivity index (χ4v) is 8.85. The summed E-state index contributed by atoms with van der Waals surface area (Å²) < 4.78 is 0. The van der Waals surface area contributed by atoms with Gasteiger partial charge in [0.05, 0.1) is 0 Å². The van der Waals surface area contributed by atoms with E-state index in [1.165, 1.54) is 57.8 Å². The molecular weight excluding hydrogens is 330 g/mol. The molecule has 0 N–H and O–H groups in total. The van der Waals surface area contributed by atoms with Crippen LogP contribution in [0.4, 0.5) is 0 Å². The fraction of sp³-hybridized carbons (Fsp3) is 0.960. The molecule has 0 bridgehead atoms. The molecule has 2 heteroatoms. The Morgan fingerprint density at radius 1 is 1.04 bits per heavy atom. The van der Waals surface area contributed by atoms with Gasteiger partial charge in [-0.3, -0.25) is 4.79 Å². The number of piperidine rings is 1. The van der Waals surface area contributed by atoms with Crippen molar-refractivity contribution >= 4 is 5.91 Å². The minimum absolute atomic E-state index is 0.371. The van der Waals surface area contributed by atoms with Crippen molar-refractivity contribution in [3.05, 3.63) is 0 Å². The number of rotatable bonds is 4. The molecule has 1 heterocycles. The van der Waals surface area contributed by atoms with Crippen LogP contribution in [0.25, 0.3) is 0 Å². The Labute approximate surface area is 167 Å². The molecule has 4 fully saturated rings. The van der Waals surface area contributed by atoms with Crippen LogP contribution in [0.3, 0.4) is 0 Å². The fourth-order valence-electron chi connectivity index (χ4n) is 8.85. The van der Waals surface area contributed by atoms with E-state index in [1.807, 2.05) is 0 Å². The second kappa shape index (κ2) is 7.06.